The fourth-order valence-electron chi connectivity index (χ4n) is 4.70. The molecule has 4 heterocycles. The maximum Gasteiger partial charge on any atom is 0.298 e. The zero-order valence-corrected chi connectivity index (χ0v) is 17.1. The van der Waals surface area contributed by atoms with Crippen LogP contribution in [-0.2, 0) is 11.3 Å². The summed E-state index contributed by atoms with van der Waals surface area (Å²) in [5, 5.41) is 3.03. The summed E-state index contributed by atoms with van der Waals surface area (Å²) < 4.78 is 11.2. The van der Waals surface area contributed by atoms with Gasteiger partial charge in [-0.3, -0.25) is 9.69 Å². The number of oxazole rings is 1. The Morgan fingerprint density at radius 3 is 2.77 bits per heavy atom. The minimum Gasteiger partial charge on any atom is -0.467 e. The zero-order chi connectivity index (χ0) is 20.3. The van der Waals surface area contributed by atoms with Crippen LogP contribution in [0.2, 0.25) is 0 Å². The summed E-state index contributed by atoms with van der Waals surface area (Å²) in [6.07, 6.45) is 5.81. The van der Waals surface area contributed by atoms with E-state index in [4.69, 9.17) is 8.83 Å². The van der Waals surface area contributed by atoms with Gasteiger partial charge in [-0.1, -0.05) is 12.1 Å². The Morgan fingerprint density at radius 1 is 1.10 bits per heavy atom. The van der Waals surface area contributed by atoms with Crippen LogP contribution in [0.15, 0.2) is 51.5 Å². The van der Waals surface area contributed by atoms with Gasteiger partial charge in [0.15, 0.2) is 5.58 Å². The quantitative estimate of drug-likeness (QED) is 0.697. The topological polar surface area (TPSA) is 74.8 Å². The molecule has 7 nitrogen and oxygen atoms in total. The third-order valence-electron chi connectivity index (χ3n) is 6.37. The van der Waals surface area contributed by atoms with Crippen LogP contribution in [0.25, 0.3) is 11.1 Å². The first kappa shape index (κ1) is 19.2. The molecule has 1 amide bonds. The molecule has 158 valence electrons. The van der Waals surface area contributed by atoms with Crippen molar-refractivity contribution >= 4 is 23.0 Å². The number of amides is 1. The number of hydrogen-bond acceptors (Lipinski definition) is 6. The fraction of sp³-hybridized carbons (Fsp3) is 0.478. The van der Waals surface area contributed by atoms with Gasteiger partial charge in [0.05, 0.1) is 18.7 Å². The molecule has 2 aromatic heterocycles. The summed E-state index contributed by atoms with van der Waals surface area (Å²) in [7, 11) is 0. The highest BCUT2D eigenvalue weighted by molar-refractivity contribution is 5.79. The Hall–Kier alpha value is -2.80. The molecule has 5 rings (SSSR count). The Kier molecular flexibility index (Phi) is 5.45. The molecule has 0 radical (unpaired) electrons. The number of hydrogen-bond donors (Lipinski definition) is 1. The monoisotopic (exact) mass is 408 g/mol. The van der Waals surface area contributed by atoms with Crippen molar-refractivity contribution in [2.24, 2.45) is 5.92 Å². The molecule has 30 heavy (non-hydrogen) atoms. The fourth-order valence-corrected chi connectivity index (χ4v) is 4.70. The third-order valence-corrected chi connectivity index (χ3v) is 6.37. The highest BCUT2D eigenvalue weighted by Crippen LogP contribution is 2.28. The number of rotatable bonds is 5. The number of nitrogens with one attached hydrogen (secondary N) is 1. The molecule has 2 aliphatic heterocycles. The number of piperidine rings is 2. The second-order valence-corrected chi connectivity index (χ2v) is 8.31. The van der Waals surface area contributed by atoms with Gasteiger partial charge in [-0.2, -0.15) is 4.98 Å². The van der Waals surface area contributed by atoms with E-state index < -0.39 is 0 Å². The van der Waals surface area contributed by atoms with Gasteiger partial charge < -0.3 is 19.1 Å². The molecule has 1 aromatic carbocycles. The number of furan rings is 1. The largest absolute Gasteiger partial charge is 0.467 e. The van der Waals surface area contributed by atoms with E-state index in [0.29, 0.717) is 12.6 Å². The maximum absolute atomic E-state index is 12.6. The second kappa shape index (κ2) is 8.52. The summed E-state index contributed by atoms with van der Waals surface area (Å²) >= 11 is 0. The standard InChI is InChI=1S/C23H28N4O3/c28-22(24-15-19-6-4-14-29-19)17-5-3-11-27(16-17)18-9-12-26(13-10-18)23-25-20-7-1-2-8-21(20)30-23/h1-2,4,6-8,14,17-18H,3,5,9-13,15-16H2,(H,24,28). The average Bonchev–Trinajstić information content (AvgIpc) is 3.47. The maximum atomic E-state index is 12.6. The van der Waals surface area contributed by atoms with Crippen LogP contribution >= 0.6 is 0 Å². The van der Waals surface area contributed by atoms with Crippen LogP contribution in [0.5, 0.6) is 0 Å². The third kappa shape index (κ3) is 4.07. The summed E-state index contributed by atoms with van der Waals surface area (Å²) in [6, 6.07) is 12.9. The van der Waals surface area contributed by atoms with Crippen molar-refractivity contribution in [3.63, 3.8) is 0 Å². The van der Waals surface area contributed by atoms with Gasteiger partial charge in [-0.25, -0.2) is 0 Å². The molecular weight excluding hydrogens is 380 g/mol. The predicted octanol–water partition coefficient (Wildman–Crippen LogP) is 3.42. The SMILES string of the molecule is O=C(NCc1ccco1)C1CCCN(C2CCN(c3nc4ccccc4o3)CC2)C1. The Bertz CT molecular complexity index is 942. The normalized spacial score (nSPS) is 21.2. The van der Waals surface area contributed by atoms with Crippen LogP contribution in [0.4, 0.5) is 6.01 Å². The molecule has 3 aromatic rings. The summed E-state index contributed by atoms with van der Waals surface area (Å²) in [5.41, 5.74) is 1.75. The van der Waals surface area contributed by atoms with Crippen molar-refractivity contribution in [2.75, 3.05) is 31.1 Å². The lowest BCUT2D eigenvalue weighted by molar-refractivity contribution is -0.127. The molecule has 1 N–H and O–H groups in total. The molecule has 7 heteroatoms. The average molecular weight is 409 g/mol. The van der Waals surface area contributed by atoms with Gasteiger partial charge in [-0.15, -0.1) is 0 Å². The van der Waals surface area contributed by atoms with Crippen molar-refractivity contribution in [3.8, 4) is 0 Å². The van der Waals surface area contributed by atoms with Crippen LogP contribution in [0.3, 0.4) is 0 Å². The number of nitrogens with zero attached hydrogens (tertiary/aromatic N) is 3. The van der Waals surface area contributed by atoms with Crippen molar-refractivity contribution in [2.45, 2.75) is 38.3 Å². The Morgan fingerprint density at radius 2 is 1.97 bits per heavy atom. The molecule has 2 aliphatic rings. The lowest BCUT2D eigenvalue weighted by Gasteiger charge is -2.41. The van der Waals surface area contributed by atoms with Crippen LogP contribution in [-0.4, -0.2) is 48.0 Å². The van der Waals surface area contributed by atoms with Crippen molar-refractivity contribution in [1.29, 1.82) is 0 Å². The van der Waals surface area contributed by atoms with Gasteiger partial charge in [0.2, 0.25) is 5.91 Å². The minimum absolute atomic E-state index is 0.0591. The van der Waals surface area contributed by atoms with Crippen LogP contribution in [0.1, 0.15) is 31.4 Å². The number of benzene rings is 1. The predicted molar refractivity (Wildman–Crippen MR) is 114 cm³/mol. The molecular formula is C23H28N4O3. The number of anilines is 1. The first-order valence-electron chi connectivity index (χ1n) is 10.9. The Balaban J connectivity index is 1.14. The number of aromatic nitrogens is 1. The van der Waals surface area contributed by atoms with Crippen LogP contribution < -0.4 is 10.2 Å². The van der Waals surface area contributed by atoms with Gasteiger partial charge in [0.1, 0.15) is 11.3 Å². The zero-order valence-electron chi connectivity index (χ0n) is 17.1. The minimum atomic E-state index is 0.0591. The van der Waals surface area contributed by atoms with Crippen LogP contribution in [0, 0.1) is 5.92 Å². The number of carbonyl (C=O) groups is 1. The van der Waals surface area contributed by atoms with E-state index in [0.717, 1.165) is 74.7 Å². The molecule has 0 saturated carbocycles. The highest BCUT2D eigenvalue weighted by atomic mass is 16.4. The van der Waals surface area contributed by atoms with E-state index in [1.807, 2.05) is 36.4 Å². The molecule has 1 unspecified atom stereocenters. The lowest BCUT2D eigenvalue weighted by Crippen LogP contribution is -2.50. The number of fused-ring (bicyclic) bond motifs is 1. The summed E-state index contributed by atoms with van der Waals surface area (Å²) in [6.45, 7) is 4.25. The molecule has 0 bridgehead atoms. The summed E-state index contributed by atoms with van der Waals surface area (Å²) in [4.78, 5) is 22.0. The van der Waals surface area contributed by atoms with E-state index >= 15 is 0 Å². The van der Waals surface area contributed by atoms with Crippen molar-refractivity contribution < 1.29 is 13.6 Å². The first-order valence-corrected chi connectivity index (χ1v) is 10.9. The van der Waals surface area contributed by atoms with Gasteiger partial charge in [-0.05, 0) is 56.5 Å². The van der Waals surface area contributed by atoms with Gasteiger partial charge in [0, 0.05) is 25.7 Å². The number of carbonyl (C=O) groups excluding carboxylic acids is 1. The number of para-hydroxylation sites is 2. The molecule has 2 fully saturated rings. The second-order valence-electron chi connectivity index (χ2n) is 8.31. The van der Waals surface area contributed by atoms with Crippen molar-refractivity contribution in [3.05, 3.63) is 48.4 Å². The molecule has 0 aliphatic carbocycles. The van der Waals surface area contributed by atoms with E-state index in [2.05, 4.69) is 20.1 Å². The number of likely N-dealkylation sites (tertiary alicyclic amines) is 1. The van der Waals surface area contributed by atoms with E-state index in [9.17, 15) is 4.79 Å². The van der Waals surface area contributed by atoms with Gasteiger partial charge >= 0.3 is 0 Å². The highest BCUT2D eigenvalue weighted by Gasteiger charge is 2.32. The Labute approximate surface area is 176 Å². The molecule has 0 spiro atoms. The van der Waals surface area contributed by atoms with E-state index in [-0.39, 0.29) is 11.8 Å². The first-order chi connectivity index (χ1) is 14.8. The van der Waals surface area contributed by atoms with Gasteiger partial charge in [0.25, 0.3) is 6.01 Å². The smallest absolute Gasteiger partial charge is 0.298 e. The van der Waals surface area contributed by atoms with E-state index in [1.54, 1.807) is 6.26 Å². The molecule has 2 saturated heterocycles. The summed E-state index contributed by atoms with van der Waals surface area (Å²) in [5.74, 6) is 0.992. The van der Waals surface area contributed by atoms with E-state index in [1.165, 1.54) is 0 Å². The lowest BCUT2D eigenvalue weighted by atomic mass is 9.93. The van der Waals surface area contributed by atoms with Crippen molar-refractivity contribution in [1.82, 2.24) is 15.2 Å². The molecule has 1 atom stereocenters.